The maximum Gasteiger partial charge on any atom is 0.150 e. The first kappa shape index (κ1) is 20.9. The predicted octanol–water partition coefficient (Wildman–Crippen LogP) is 4.58. The van der Waals surface area contributed by atoms with E-state index in [0.29, 0.717) is 48.9 Å². The minimum absolute atomic E-state index is 0.0391. The molecular formula is C25H35N3O3. The van der Waals surface area contributed by atoms with Crippen LogP contribution in [0.1, 0.15) is 76.7 Å². The molecular weight excluding hydrogens is 390 g/mol. The molecule has 0 radical (unpaired) electrons. The first-order chi connectivity index (χ1) is 14.9. The molecule has 0 amide bonds. The Morgan fingerprint density at radius 1 is 1.16 bits per heavy atom. The highest BCUT2D eigenvalue weighted by molar-refractivity contribution is 5.96. The molecule has 1 aromatic rings. The maximum absolute atomic E-state index is 12.6. The number of aromatic nitrogens is 1. The lowest BCUT2D eigenvalue weighted by molar-refractivity contribution is -0.132. The quantitative estimate of drug-likeness (QED) is 0.551. The molecule has 0 saturated heterocycles. The average Bonchev–Trinajstić information content (AvgIpc) is 3.35. The maximum atomic E-state index is 12.6. The van der Waals surface area contributed by atoms with Gasteiger partial charge in [0.1, 0.15) is 12.4 Å². The molecule has 168 valence electrons. The second kappa shape index (κ2) is 7.88. The first-order valence-electron chi connectivity index (χ1n) is 12.0. The Hall–Kier alpha value is -1.95. The van der Waals surface area contributed by atoms with Gasteiger partial charge in [0, 0.05) is 24.3 Å². The number of Topliss-reactive ketones (excluding diaryl/α,β-unsaturated/α-hetero) is 1. The SMILES string of the molecule is C[C@]12CC/C(=N/OCCc3cc(CN)on3)C=C1CCC1C2CC[C@]2(C)C(=O)CCC12. The largest absolute Gasteiger partial charge is 0.395 e. The van der Waals surface area contributed by atoms with E-state index in [2.05, 4.69) is 30.2 Å². The first-order valence-corrected chi connectivity index (χ1v) is 12.0. The molecule has 0 aliphatic heterocycles. The Kier molecular flexibility index (Phi) is 5.32. The van der Waals surface area contributed by atoms with Crippen molar-refractivity contribution in [3.63, 3.8) is 0 Å². The van der Waals surface area contributed by atoms with Crippen molar-refractivity contribution in [1.29, 1.82) is 0 Å². The van der Waals surface area contributed by atoms with Crippen LogP contribution in [0, 0.1) is 28.6 Å². The molecule has 3 fully saturated rings. The highest BCUT2D eigenvalue weighted by Gasteiger charge is 2.58. The summed E-state index contributed by atoms with van der Waals surface area (Å²) < 4.78 is 5.12. The van der Waals surface area contributed by atoms with Gasteiger partial charge in [0.2, 0.25) is 0 Å². The minimum Gasteiger partial charge on any atom is -0.395 e. The highest BCUT2D eigenvalue weighted by atomic mass is 16.6. The van der Waals surface area contributed by atoms with Crippen molar-refractivity contribution >= 4 is 11.5 Å². The van der Waals surface area contributed by atoms with E-state index < -0.39 is 0 Å². The van der Waals surface area contributed by atoms with Crippen molar-refractivity contribution in [1.82, 2.24) is 5.16 Å². The zero-order valence-corrected chi connectivity index (χ0v) is 18.9. The third-order valence-electron chi connectivity index (χ3n) is 9.13. The molecule has 6 heteroatoms. The van der Waals surface area contributed by atoms with Gasteiger partial charge in [0.05, 0.1) is 18.0 Å². The molecule has 0 spiro atoms. The van der Waals surface area contributed by atoms with Gasteiger partial charge in [0.15, 0.2) is 5.76 Å². The molecule has 1 heterocycles. The third-order valence-corrected chi connectivity index (χ3v) is 9.13. The summed E-state index contributed by atoms with van der Waals surface area (Å²) in [5, 5.41) is 8.43. The molecule has 5 atom stereocenters. The van der Waals surface area contributed by atoms with Gasteiger partial charge in [0.25, 0.3) is 0 Å². The molecule has 0 aromatic carbocycles. The van der Waals surface area contributed by atoms with Crippen LogP contribution < -0.4 is 5.73 Å². The van der Waals surface area contributed by atoms with Crippen molar-refractivity contribution in [2.45, 2.75) is 78.2 Å². The van der Waals surface area contributed by atoms with Crippen LogP contribution in [0.5, 0.6) is 0 Å². The lowest BCUT2D eigenvalue weighted by atomic mass is 9.47. The van der Waals surface area contributed by atoms with E-state index in [1.807, 2.05) is 6.07 Å². The number of hydrogen-bond acceptors (Lipinski definition) is 6. The molecule has 6 nitrogen and oxygen atoms in total. The number of ketones is 1. The molecule has 4 aliphatic rings. The van der Waals surface area contributed by atoms with E-state index >= 15 is 0 Å². The average molecular weight is 426 g/mol. The second-order valence-electron chi connectivity index (χ2n) is 10.6. The zero-order chi connectivity index (χ0) is 21.6. The monoisotopic (exact) mass is 425 g/mol. The zero-order valence-electron chi connectivity index (χ0n) is 18.9. The van der Waals surface area contributed by atoms with Crippen LogP contribution in [-0.4, -0.2) is 23.3 Å². The topological polar surface area (TPSA) is 90.7 Å². The van der Waals surface area contributed by atoms with Crippen molar-refractivity contribution in [2.75, 3.05) is 6.61 Å². The van der Waals surface area contributed by atoms with Crippen molar-refractivity contribution < 1.29 is 14.2 Å². The molecule has 4 aliphatic carbocycles. The van der Waals surface area contributed by atoms with E-state index in [1.165, 1.54) is 12.8 Å². The number of carbonyl (C=O) groups excluding carboxylic acids is 1. The van der Waals surface area contributed by atoms with E-state index in [0.717, 1.165) is 49.9 Å². The Bertz CT molecular complexity index is 919. The summed E-state index contributed by atoms with van der Waals surface area (Å²) in [5.74, 6) is 3.25. The number of rotatable bonds is 5. The lowest BCUT2D eigenvalue weighted by Crippen LogP contribution is -2.50. The molecule has 31 heavy (non-hydrogen) atoms. The summed E-state index contributed by atoms with van der Waals surface area (Å²) in [6.07, 6.45) is 11.6. The van der Waals surface area contributed by atoms with Gasteiger partial charge in [-0.1, -0.05) is 29.7 Å². The van der Waals surface area contributed by atoms with Crippen LogP contribution in [-0.2, 0) is 22.6 Å². The van der Waals surface area contributed by atoms with Crippen LogP contribution >= 0.6 is 0 Å². The van der Waals surface area contributed by atoms with Gasteiger partial charge in [-0.15, -0.1) is 0 Å². The summed E-state index contributed by atoms with van der Waals surface area (Å²) in [7, 11) is 0. The van der Waals surface area contributed by atoms with Gasteiger partial charge < -0.3 is 15.1 Å². The number of carbonyl (C=O) groups is 1. The Balaban J connectivity index is 1.24. The van der Waals surface area contributed by atoms with Gasteiger partial charge in [-0.3, -0.25) is 4.79 Å². The van der Waals surface area contributed by atoms with Gasteiger partial charge in [-0.2, -0.15) is 0 Å². The fourth-order valence-electron chi connectivity index (χ4n) is 7.26. The van der Waals surface area contributed by atoms with E-state index in [9.17, 15) is 4.79 Å². The molecule has 2 N–H and O–H groups in total. The van der Waals surface area contributed by atoms with E-state index in [4.69, 9.17) is 15.1 Å². The number of allylic oxidation sites excluding steroid dienone is 2. The van der Waals surface area contributed by atoms with E-state index in [-0.39, 0.29) is 10.8 Å². The predicted molar refractivity (Wildman–Crippen MR) is 118 cm³/mol. The third kappa shape index (κ3) is 3.47. The Labute approximate surface area is 184 Å². The smallest absolute Gasteiger partial charge is 0.150 e. The number of nitrogens with two attached hydrogens (primary N) is 1. The Morgan fingerprint density at radius 3 is 2.81 bits per heavy atom. The van der Waals surface area contributed by atoms with E-state index in [1.54, 1.807) is 5.57 Å². The van der Waals surface area contributed by atoms with Gasteiger partial charge >= 0.3 is 0 Å². The van der Waals surface area contributed by atoms with Crippen LogP contribution in [0.25, 0.3) is 0 Å². The number of hydrogen-bond donors (Lipinski definition) is 1. The second-order valence-corrected chi connectivity index (χ2v) is 10.6. The number of fused-ring (bicyclic) bond motifs is 5. The van der Waals surface area contributed by atoms with Crippen molar-refractivity contribution in [3.05, 3.63) is 29.2 Å². The molecule has 0 bridgehead atoms. The summed E-state index contributed by atoms with van der Waals surface area (Å²) >= 11 is 0. The number of nitrogens with zero attached hydrogens (tertiary/aromatic N) is 2. The standard InChI is InChI=1S/C25H35N3O3/c1-24-10-7-17(27-30-12-9-18-14-19(15-26)31-28-18)13-16(24)3-4-20-21-5-6-23(29)25(21,2)11-8-22(20)24/h13-14,20-22H,3-12,15,26H2,1-2H3/b27-17-/t20?,21?,22?,24-,25-/m0/s1. The van der Waals surface area contributed by atoms with Crippen molar-refractivity contribution in [3.8, 4) is 0 Å². The number of oxime groups is 1. The van der Waals surface area contributed by atoms with Crippen LogP contribution in [0.2, 0.25) is 0 Å². The summed E-state index contributed by atoms with van der Waals surface area (Å²) in [5.41, 5.74) is 9.24. The van der Waals surface area contributed by atoms with Crippen molar-refractivity contribution in [2.24, 2.45) is 39.5 Å². The molecule has 3 unspecified atom stereocenters. The molecule has 3 saturated carbocycles. The minimum atomic E-state index is -0.0391. The lowest BCUT2D eigenvalue weighted by Gasteiger charge is -2.57. The highest BCUT2D eigenvalue weighted by Crippen LogP contribution is 2.64. The van der Waals surface area contributed by atoms with Crippen LogP contribution in [0.4, 0.5) is 0 Å². The summed E-state index contributed by atoms with van der Waals surface area (Å²) in [4.78, 5) is 18.2. The normalized spacial score (nSPS) is 38.4. The van der Waals surface area contributed by atoms with Crippen LogP contribution in [0.15, 0.2) is 27.4 Å². The van der Waals surface area contributed by atoms with Crippen LogP contribution in [0.3, 0.4) is 0 Å². The van der Waals surface area contributed by atoms with Gasteiger partial charge in [-0.05, 0) is 74.2 Å². The van der Waals surface area contributed by atoms with Gasteiger partial charge in [-0.25, -0.2) is 0 Å². The fourth-order valence-corrected chi connectivity index (χ4v) is 7.26. The summed E-state index contributed by atoms with van der Waals surface area (Å²) in [6.45, 7) is 5.59. The molecule has 5 rings (SSSR count). The summed E-state index contributed by atoms with van der Waals surface area (Å²) in [6, 6.07) is 1.87. The Morgan fingerprint density at radius 2 is 2.00 bits per heavy atom. The molecule has 1 aromatic heterocycles. The fraction of sp³-hybridized carbons (Fsp3) is 0.720.